The van der Waals surface area contributed by atoms with E-state index < -0.39 is 21.7 Å². The zero-order valence-electron chi connectivity index (χ0n) is 7.08. The molecule has 0 unspecified atom stereocenters. The van der Waals surface area contributed by atoms with Crippen LogP contribution in [0, 0.1) is 0 Å². The summed E-state index contributed by atoms with van der Waals surface area (Å²) in [4.78, 5) is 10.5. The summed E-state index contributed by atoms with van der Waals surface area (Å²) in [5.74, 6) is -1.23. The van der Waals surface area contributed by atoms with Gasteiger partial charge in [-0.15, -0.1) is 0 Å². The minimum atomic E-state index is -3.70. The van der Waals surface area contributed by atoms with Crippen molar-refractivity contribution >= 4 is 16.2 Å². The Bertz CT molecular complexity index is 269. The fourth-order valence-corrected chi connectivity index (χ4v) is 1.29. The van der Waals surface area contributed by atoms with Crippen molar-refractivity contribution in [1.29, 1.82) is 0 Å². The predicted octanol–water partition coefficient (Wildman–Crippen LogP) is -1.10. The first-order valence-electron chi connectivity index (χ1n) is 3.17. The molecule has 72 valence electrons. The predicted molar refractivity (Wildman–Crippen MR) is 42.8 cm³/mol. The van der Waals surface area contributed by atoms with E-state index in [4.69, 9.17) is 5.11 Å². The Morgan fingerprint density at radius 2 is 1.83 bits per heavy atom. The Hall–Kier alpha value is -0.660. The Morgan fingerprint density at radius 3 is 2.08 bits per heavy atom. The minimum absolute atomic E-state index is 1.19. The zero-order chi connectivity index (χ0) is 9.99. The maximum absolute atomic E-state index is 10.8. The molecule has 0 aromatic rings. The third-order valence-corrected chi connectivity index (χ3v) is 2.51. The first-order chi connectivity index (χ1) is 5.21. The first kappa shape index (κ1) is 11.3. The molecule has 0 aliphatic heterocycles. The van der Waals surface area contributed by atoms with E-state index in [9.17, 15) is 13.2 Å². The molecule has 0 aliphatic rings. The van der Waals surface area contributed by atoms with E-state index in [1.165, 1.54) is 20.9 Å². The molecule has 0 saturated heterocycles. The number of rotatable bonds is 4. The molecule has 0 heterocycles. The molecule has 12 heavy (non-hydrogen) atoms. The monoisotopic (exact) mass is 196 g/mol. The Balaban J connectivity index is 4.57. The summed E-state index contributed by atoms with van der Waals surface area (Å²) in [6.45, 7) is 2.51. The van der Waals surface area contributed by atoms with E-state index in [2.05, 4.69) is 0 Å². The van der Waals surface area contributed by atoms with E-state index in [1.54, 1.807) is 0 Å². The van der Waals surface area contributed by atoms with Gasteiger partial charge in [-0.05, 0) is 13.8 Å². The Kier molecular flexibility index (Phi) is 3.19. The molecule has 0 amide bonds. The van der Waals surface area contributed by atoms with Crippen LogP contribution in [-0.4, -0.2) is 32.1 Å². The van der Waals surface area contributed by atoms with Crippen LogP contribution in [0.15, 0.2) is 0 Å². The molecule has 0 radical (unpaired) electrons. The topological polar surface area (TPSA) is 95.5 Å². The van der Waals surface area contributed by atoms with Gasteiger partial charge >= 0.3 is 5.97 Å². The van der Waals surface area contributed by atoms with Crippen molar-refractivity contribution in [1.82, 2.24) is 9.44 Å². The van der Waals surface area contributed by atoms with Gasteiger partial charge in [-0.25, -0.2) is 4.72 Å². The standard InChI is InChI=1S/C5H12N2O4S/c1-5(2,4(8)9)7-12(10,11)6-3/h6-7H,1-3H3,(H,8,9). The Morgan fingerprint density at radius 1 is 1.42 bits per heavy atom. The molecule has 0 rings (SSSR count). The summed E-state index contributed by atoms with van der Waals surface area (Å²) >= 11 is 0. The lowest BCUT2D eigenvalue weighted by atomic mass is 10.1. The molecule has 0 saturated carbocycles. The molecule has 0 atom stereocenters. The van der Waals surface area contributed by atoms with Gasteiger partial charge < -0.3 is 5.11 Å². The highest BCUT2D eigenvalue weighted by Gasteiger charge is 2.31. The Labute approximate surface area is 71.2 Å². The maximum atomic E-state index is 10.8. The summed E-state index contributed by atoms with van der Waals surface area (Å²) in [6.07, 6.45) is 0. The number of aliphatic carboxylic acids is 1. The number of hydrogen-bond acceptors (Lipinski definition) is 3. The average molecular weight is 196 g/mol. The van der Waals surface area contributed by atoms with Crippen LogP contribution in [0.2, 0.25) is 0 Å². The minimum Gasteiger partial charge on any atom is -0.480 e. The second kappa shape index (κ2) is 3.38. The van der Waals surface area contributed by atoms with Gasteiger partial charge in [0.1, 0.15) is 5.54 Å². The van der Waals surface area contributed by atoms with Crippen molar-refractivity contribution in [3.8, 4) is 0 Å². The average Bonchev–Trinajstić information content (AvgIpc) is 1.85. The lowest BCUT2D eigenvalue weighted by molar-refractivity contribution is -0.142. The number of carboxylic acid groups (broad SMARTS) is 1. The van der Waals surface area contributed by atoms with Gasteiger partial charge in [0.25, 0.3) is 10.2 Å². The molecule has 0 spiro atoms. The van der Waals surface area contributed by atoms with E-state index >= 15 is 0 Å². The van der Waals surface area contributed by atoms with Gasteiger partial charge in [0.15, 0.2) is 0 Å². The van der Waals surface area contributed by atoms with Gasteiger partial charge in [0.2, 0.25) is 0 Å². The van der Waals surface area contributed by atoms with Crippen LogP contribution in [-0.2, 0) is 15.0 Å². The number of carboxylic acids is 1. The fourth-order valence-electron chi connectivity index (χ4n) is 0.431. The molecular weight excluding hydrogens is 184 g/mol. The van der Waals surface area contributed by atoms with Crippen molar-refractivity contribution < 1.29 is 18.3 Å². The van der Waals surface area contributed by atoms with Gasteiger partial charge in [0.05, 0.1) is 0 Å². The number of nitrogens with one attached hydrogen (secondary N) is 2. The van der Waals surface area contributed by atoms with Crippen molar-refractivity contribution in [3.05, 3.63) is 0 Å². The van der Waals surface area contributed by atoms with Crippen molar-refractivity contribution in [3.63, 3.8) is 0 Å². The van der Waals surface area contributed by atoms with Crippen LogP contribution in [0.5, 0.6) is 0 Å². The molecule has 3 N–H and O–H groups in total. The normalized spacial score (nSPS) is 12.9. The van der Waals surface area contributed by atoms with Crippen molar-refractivity contribution in [2.75, 3.05) is 7.05 Å². The SMILES string of the molecule is CNS(=O)(=O)NC(C)(C)C(=O)O. The van der Waals surface area contributed by atoms with Gasteiger partial charge in [-0.2, -0.15) is 13.1 Å². The molecule has 0 bridgehead atoms. The van der Waals surface area contributed by atoms with Crippen molar-refractivity contribution in [2.45, 2.75) is 19.4 Å². The third kappa shape index (κ3) is 3.16. The lowest BCUT2D eigenvalue weighted by Crippen LogP contribution is -2.52. The zero-order valence-corrected chi connectivity index (χ0v) is 7.90. The van der Waals surface area contributed by atoms with E-state index in [0.29, 0.717) is 0 Å². The summed E-state index contributed by atoms with van der Waals surface area (Å²) < 4.78 is 25.6. The molecule has 7 heteroatoms. The molecule has 0 aromatic heterocycles. The van der Waals surface area contributed by atoms with Crippen LogP contribution in [0.4, 0.5) is 0 Å². The summed E-state index contributed by atoms with van der Waals surface area (Å²) in [5.41, 5.74) is -1.50. The second-order valence-corrected chi connectivity index (χ2v) is 4.36. The van der Waals surface area contributed by atoms with Crippen LogP contribution in [0.25, 0.3) is 0 Å². The second-order valence-electron chi connectivity index (χ2n) is 2.74. The van der Waals surface area contributed by atoms with E-state index in [-0.39, 0.29) is 0 Å². The molecule has 0 aromatic carbocycles. The van der Waals surface area contributed by atoms with Gasteiger partial charge in [-0.3, -0.25) is 4.79 Å². The van der Waals surface area contributed by atoms with Gasteiger partial charge in [0, 0.05) is 7.05 Å². The largest absolute Gasteiger partial charge is 0.480 e. The van der Waals surface area contributed by atoms with Crippen LogP contribution >= 0.6 is 0 Å². The third-order valence-electron chi connectivity index (χ3n) is 1.19. The summed E-state index contributed by atoms with van der Waals surface area (Å²) in [7, 11) is -2.51. The van der Waals surface area contributed by atoms with E-state index in [1.807, 2.05) is 9.44 Å². The number of hydrogen-bond donors (Lipinski definition) is 3. The van der Waals surface area contributed by atoms with Crippen LogP contribution in [0.3, 0.4) is 0 Å². The quantitative estimate of drug-likeness (QED) is 0.532. The van der Waals surface area contributed by atoms with Crippen LogP contribution < -0.4 is 9.44 Å². The number of carbonyl (C=O) groups is 1. The molecule has 6 nitrogen and oxygen atoms in total. The molecule has 0 aliphatic carbocycles. The maximum Gasteiger partial charge on any atom is 0.324 e. The summed E-state index contributed by atoms with van der Waals surface area (Å²) in [5, 5.41) is 8.55. The molecular formula is C5H12N2O4S. The van der Waals surface area contributed by atoms with E-state index in [0.717, 1.165) is 0 Å². The molecule has 0 fully saturated rings. The van der Waals surface area contributed by atoms with Crippen LogP contribution in [0.1, 0.15) is 13.8 Å². The smallest absolute Gasteiger partial charge is 0.324 e. The fraction of sp³-hybridized carbons (Fsp3) is 0.800. The summed E-state index contributed by atoms with van der Waals surface area (Å²) in [6, 6.07) is 0. The highest BCUT2D eigenvalue weighted by atomic mass is 32.2. The van der Waals surface area contributed by atoms with Crippen molar-refractivity contribution in [2.24, 2.45) is 0 Å². The highest BCUT2D eigenvalue weighted by Crippen LogP contribution is 2.02. The first-order valence-corrected chi connectivity index (χ1v) is 4.65. The lowest BCUT2D eigenvalue weighted by Gasteiger charge is -2.19. The highest BCUT2D eigenvalue weighted by molar-refractivity contribution is 7.87. The van der Waals surface area contributed by atoms with Gasteiger partial charge in [-0.1, -0.05) is 0 Å².